The van der Waals surface area contributed by atoms with Crippen molar-refractivity contribution in [3.05, 3.63) is 57.8 Å². The van der Waals surface area contributed by atoms with E-state index in [1.165, 1.54) is 18.4 Å². The van der Waals surface area contributed by atoms with Crippen LogP contribution in [0.3, 0.4) is 0 Å². The molecule has 0 aliphatic carbocycles. The van der Waals surface area contributed by atoms with Gasteiger partial charge in [-0.3, -0.25) is 20.3 Å². The highest BCUT2D eigenvalue weighted by Gasteiger charge is 2.21. The molecule has 0 spiro atoms. The molecule has 1 amide bonds. The quantitative estimate of drug-likeness (QED) is 0.373. The maximum absolute atomic E-state index is 13.6. The summed E-state index contributed by atoms with van der Waals surface area (Å²) in [4.78, 5) is 21.5. The van der Waals surface area contributed by atoms with Crippen molar-refractivity contribution in [1.29, 1.82) is 0 Å². The van der Waals surface area contributed by atoms with E-state index in [2.05, 4.69) is 0 Å². The van der Waals surface area contributed by atoms with Gasteiger partial charge >= 0.3 is 5.69 Å². The number of nitrogens with two attached hydrogens (primary N) is 1. The Labute approximate surface area is 117 Å². The average Bonchev–Trinajstić information content (AvgIpc) is 2.93. The van der Waals surface area contributed by atoms with Crippen LogP contribution in [-0.4, -0.2) is 10.8 Å². The lowest BCUT2D eigenvalue weighted by Crippen LogP contribution is -2.30. The summed E-state index contributed by atoms with van der Waals surface area (Å²) in [6.07, 6.45) is 1.22. The number of furan rings is 1. The first kappa shape index (κ1) is 14.5. The van der Waals surface area contributed by atoms with Crippen molar-refractivity contribution in [2.45, 2.75) is 6.61 Å². The molecule has 0 unspecified atom stereocenters. The lowest BCUT2D eigenvalue weighted by molar-refractivity contribution is -0.386. The molecular weight excluding hydrogens is 285 g/mol. The molecular formula is C12H10FN3O5. The Bertz CT molecular complexity index is 685. The lowest BCUT2D eigenvalue weighted by atomic mass is 10.2. The van der Waals surface area contributed by atoms with Gasteiger partial charge in [0.2, 0.25) is 5.75 Å². The number of hydrazine groups is 1. The number of carbonyl (C=O) groups is 1. The van der Waals surface area contributed by atoms with Crippen LogP contribution in [0.2, 0.25) is 0 Å². The largest absolute Gasteiger partial charge is 0.477 e. The Hall–Kier alpha value is -2.94. The van der Waals surface area contributed by atoms with Crippen LogP contribution < -0.4 is 16.0 Å². The van der Waals surface area contributed by atoms with Crippen molar-refractivity contribution in [2.75, 3.05) is 0 Å². The van der Waals surface area contributed by atoms with Gasteiger partial charge in [-0.05, 0) is 12.1 Å². The smallest absolute Gasteiger partial charge is 0.314 e. The molecule has 0 aliphatic rings. The number of para-hydroxylation sites is 1. The third kappa shape index (κ3) is 2.98. The van der Waals surface area contributed by atoms with Gasteiger partial charge in [0.25, 0.3) is 5.91 Å². The molecule has 2 rings (SSSR count). The van der Waals surface area contributed by atoms with Crippen LogP contribution in [0, 0.1) is 15.9 Å². The molecule has 2 aromatic rings. The molecule has 0 saturated heterocycles. The maximum atomic E-state index is 13.6. The van der Waals surface area contributed by atoms with Gasteiger partial charge in [0.15, 0.2) is 11.6 Å². The molecule has 3 N–H and O–H groups in total. The summed E-state index contributed by atoms with van der Waals surface area (Å²) in [7, 11) is 0. The number of nitro benzene ring substituents is 1. The summed E-state index contributed by atoms with van der Waals surface area (Å²) in [5, 5.41) is 10.8. The molecule has 0 aliphatic heterocycles. The first-order chi connectivity index (χ1) is 10.0. The summed E-state index contributed by atoms with van der Waals surface area (Å²) < 4.78 is 23.7. The van der Waals surface area contributed by atoms with Crippen molar-refractivity contribution < 1.29 is 23.3 Å². The number of ether oxygens (including phenoxy) is 1. The third-order valence-electron chi connectivity index (χ3n) is 2.61. The van der Waals surface area contributed by atoms with Crippen LogP contribution >= 0.6 is 0 Å². The number of nitrogens with one attached hydrogen (secondary N) is 1. The zero-order valence-electron chi connectivity index (χ0n) is 10.5. The molecule has 1 aromatic carbocycles. The van der Waals surface area contributed by atoms with Crippen LogP contribution in [0.5, 0.6) is 5.75 Å². The lowest BCUT2D eigenvalue weighted by Gasteiger charge is -2.07. The predicted molar refractivity (Wildman–Crippen MR) is 67.7 cm³/mol. The van der Waals surface area contributed by atoms with E-state index in [0.717, 1.165) is 12.1 Å². The Morgan fingerprint density at radius 3 is 2.90 bits per heavy atom. The van der Waals surface area contributed by atoms with Crippen LogP contribution in [-0.2, 0) is 6.61 Å². The average molecular weight is 295 g/mol. The summed E-state index contributed by atoms with van der Waals surface area (Å²) >= 11 is 0. The minimum atomic E-state index is -0.888. The Morgan fingerprint density at radius 2 is 2.24 bits per heavy atom. The fourth-order valence-corrected chi connectivity index (χ4v) is 1.65. The van der Waals surface area contributed by atoms with Crippen molar-refractivity contribution >= 4 is 11.6 Å². The van der Waals surface area contributed by atoms with Crippen LogP contribution in [0.1, 0.15) is 16.1 Å². The SMILES string of the molecule is NNC(=O)c1ccoc1COc1c(F)cccc1[N+](=O)[O-]. The van der Waals surface area contributed by atoms with E-state index < -0.39 is 28.1 Å². The molecule has 110 valence electrons. The second-order valence-corrected chi connectivity index (χ2v) is 3.86. The molecule has 1 heterocycles. The number of benzene rings is 1. The minimum Gasteiger partial charge on any atom is -0.477 e. The van der Waals surface area contributed by atoms with E-state index in [4.69, 9.17) is 15.0 Å². The molecule has 1 aromatic heterocycles. The number of hydrogen-bond acceptors (Lipinski definition) is 6. The van der Waals surface area contributed by atoms with E-state index >= 15 is 0 Å². The predicted octanol–water partition coefficient (Wildman–Crippen LogP) is 1.51. The van der Waals surface area contributed by atoms with Gasteiger partial charge in [-0.15, -0.1) is 0 Å². The molecule has 0 atom stereocenters. The van der Waals surface area contributed by atoms with E-state index in [9.17, 15) is 19.3 Å². The Kier molecular flexibility index (Phi) is 4.14. The second-order valence-electron chi connectivity index (χ2n) is 3.86. The van der Waals surface area contributed by atoms with Crippen molar-refractivity contribution in [2.24, 2.45) is 5.84 Å². The standard InChI is InChI=1S/C12H10FN3O5/c13-8-2-1-3-9(16(18)19)11(8)21-6-10-7(4-5-20-10)12(17)15-14/h1-5H,6,14H2,(H,15,17). The van der Waals surface area contributed by atoms with Gasteiger partial charge < -0.3 is 9.15 Å². The van der Waals surface area contributed by atoms with Crippen LogP contribution in [0.4, 0.5) is 10.1 Å². The number of nitrogens with zero attached hydrogens (tertiary/aromatic N) is 1. The van der Waals surface area contributed by atoms with Crippen molar-refractivity contribution in [1.82, 2.24) is 5.43 Å². The second kappa shape index (κ2) is 6.01. The van der Waals surface area contributed by atoms with E-state index in [1.54, 1.807) is 0 Å². The minimum absolute atomic E-state index is 0.0653. The number of nitro groups is 1. The number of carbonyl (C=O) groups excluding carboxylic acids is 1. The summed E-state index contributed by atoms with van der Waals surface area (Å²) in [6, 6.07) is 4.67. The number of nitrogen functional groups attached to an aromatic ring is 1. The normalized spacial score (nSPS) is 10.2. The fraction of sp³-hybridized carbons (Fsp3) is 0.0833. The third-order valence-corrected chi connectivity index (χ3v) is 2.61. The van der Waals surface area contributed by atoms with Gasteiger partial charge in [-0.2, -0.15) is 0 Å². The van der Waals surface area contributed by atoms with Crippen molar-refractivity contribution in [3.63, 3.8) is 0 Å². The van der Waals surface area contributed by atoms with Gasteiger partial charge in [0, 0.05) is 6.07 Å². The van der Waals surface area contributed by atoms with Gasteiger partial charge in [0.1, 0.15) is 6.61 Å². The van der Waals surface area contributed by atoms with Gasteiger partial charge in [0.05, 0.1) is 16.7 Å². The van der Waals surface area contributed by atoms with Crippen LogP contribution in [0.15, 0.2) is 34.9 Å². The molecule has 0 radical (unpaired) electrons. The summed E-state index contributed by atoms with van der Waals surface area (Å²) in [5.74, 6) is 3.02. The highest BCUT2D eigenvalue weighted by molar-refractivity contribution is 5.94. The van der Waals surface area contributed by atoms with E-state index in [-0.39, 0.29) is 17.9 Å². The molecule has 21 heavy (non-hydrogen) atoms. The summed E-state index contributed by atoms with van der Waals surface area (Å²) in [6.45, 7) is -0.364. The number of rotatable bonds is 5. The molecule has 9 heteroatoms. The summed E-state index contributed by atoms with van der Waals surface area (Å²) in [5.41, 5.74) is 1.48. The monoisotopic (exact) mass is 295 g/mol. The number of amides is 1. The molecule has 0 fully saturated rings. The zero-order chi connectivity index (χ0) is 15.4. The maximum Gasteiger partial charge on any atom is 0.314 e. The van der Waals surface area contributed by atoms with E-state index in [0.29, 0.717) is 0 Å². The first-order valence-electron chi connectivity index (χ1n) is 5.67. The first-order valence-corrected chi connectivity index (χ1v) is 5.67. The Balaban J connectivity index is 2.23. The van der Waals surface area contributed by atoms with Gasteiger partial charge in [-0.1, -0.05) is 6.07 Å². The molecule has 8 nitrogen and oxygen atoms in total. The van der Waals surface area contributed by atoms with E-state index in [1.807, 2.05) is 5.43 Å². The topological polar surface area (TPSA) is 121 Å². The number of hydrogen-bond donors (Lipinski definition) is 2. The number of halogens is 1. The highest BCUT2D eigenvalue weighted by Crippen LogP contribution is 2.30. The molecule has 0 saturated carbocycles. The van der Waals surface area contributed by atoms with Crippen LogP contribution in [0.25, 0.3) is 0 Å². The molecule has 0 bridgehead atoms. The Morgan fingerprint density at radius 1 is 1.48 bits per heavy atom. The highest BCUT2D eigenvalue weighted by atomic mass is 19.1. The van der Waals surface area contributed by atoms with Gasteiger partial charge in [-0.25, -0.2) is 10.2 Å². The fourth-order valence-electron chi connectivity index (χ4n) is 1.65. The zero-order valence-corrected chi connectivity index (χ0v) is 10.5. The van der Waals surface area contributed by atoms with Crippen molar-refractivity contribution in [3.8, 4) is 5.75 Å².